The van der Waals surface area contributed by atoms with E-state index in [4.69, 9.17) is 4.74 Å². The quantitative estimate of drug-likeness (QED) is 0.287. The molecular weight excluding hydrogens is 442 g/mol. The minimum atomic E-state index is -5.80. The van der Waals surface area contributed by atoms with E-state index in [1.54, 1.807) is 0 Å². The Kier molecular flexibility index (Phi) is 8.74. The van der Waals surface area contributed by atoms with E-state index in [0.29, 0.717) is 19.3 Å². The van der Waals surface area contributed by atoms with Crippen LogP contribution in [0.2, 0.25) is 0 Å². The first kappa shape index (κ1) is 28.6. The van der Waals surface area contributed by atoms with E-state index >= 15 is 0 Å². The number of rotatable bonds is 8. The second-order valence-corrected chi connectivity index (χ2v) is 10.6. The van der Waals surface area contributed by atoms with Crippen molar-refractivity contribution in [2.45, 2.75) is 111 Å². The van der Waals surface area contributed by atoms with Gasteiger partial charge in [0.25, 0.3) is 6.10 Å². The lowest BCUT2D eigenvalue weighted by molar-refractivity contribution is -0.314. The highest BCUT2D eigenvalue weighted by Gasteiger charge is 2.60. The Morgan fingerprint density at radius 1 is 0.906 bits per heavy atom. The number of hydrogen-bond donors (Lipinski definition) is 0. The Morgan fingerprint density at radius 3 is 1.75 bits per heavy atom. The van der Waals surface area contributed by atoms with E-state index in [9.17, 15) is 35.9 Å². The molecule has 0 aliphatic heterocycles. The lowest BCUT2D eigenvalue weighted by atomic mass is 9.70. The van der Waals surface area contributed by atoms with Gasteiger partial charge in [-0.25, -0.2) is 0 Å². The standard InChI is InChI=1S/C22H34F6O4/c1-7-19(5,6)12-14(18(2,3)4)16(30)32-20(10-8-9-11-20)13-15(29)31-17(21(23,24)25)22(26,27)28/h14,17H,7-13H2,1-6H3. The van der Waals surface area contributed by atoms with E-state index < -0.39 is 53.7 Å². The number of carbonyl (C=O) groups excluding carboxylic acids is 2. The monoisotopic (exact) mass is 476 g/mol. The maximum absolute atomic E-state index is 13.1. The van der Waals surface area contributed by atoms with Crippen LogP contribution in [-0.4, -0.2) is 36.0 Å². The van der Waals surface area contributed by atoms with Gasteiger partial charge in [-0.3, -0.25) is 9.59 Å². The number of carbonyl (C=O) groups is 2. The molecule has 1 aliphatic rings. The molecular formula is C22H34F6O4. The lowest BCUT2D eigenvalue weighted by Gasteiger charge is -2.38. The molecule has 0 bridgehead atoms. The highest BCUT2D eigenvalue weighted by molar-refractivity contribution is 5.76. The Bertz CT molecular complexity index is 641. The summed E-state index contributed by atoms with van der Waals surface area (Å²) in [6.07, 6.45) is -14.0. The SMILES string of the molecule is CCC(C)(C)CC(C(=O)OC1(CC(=O)OC(C(F)(F)F)C(F)(F)F)CCCC1)C(C)(C)C. The van der Waals surface area contributed by atoms with E-state index in [0.717, 1.165) is 6.42 Å². The molecule has 4 nitrogen and oxygen atoms in total. The van der Waals surface area contributed by atoms with Gasteiger partial charge in [0.15, 0.2) is 0 Å². The smallest absolute Gasteiger partial charge is 0.434 e. The maximum atomic E-state index is 13.1. The summed E-state index contributed by atoms with van der Waals surface area (Å²) < 4.78 is 85.9. The zero-order valence-corrected chi connectivity index (χ0v) is 19.5. The fourth-order valence-electron chi connectivity index (χ4n) is 3.81. The van der Waals surface area contributed by atoms with Crippen molar-refractivity contribution in [1.82, 2.24) is 0 Å². The molecule has 10 heteroatoms. The van der Waals surface area contributed by atoms with Crippen LogP contribution >= 0.6 is 0 Å². The summed E-state index contributed by atoms with van der Waals surface area (Å²) in [5.74, 6) is -2.86. The van der Waals surface area contributed by atoms with Gasteiger partial charge in [0.05, 0.1) is 12.3 Å². The van der Waals surface area contributed by atoms with Crippen LogP contribution in [-0.2, 0) is 19.1 Å². The first-order chi connectivity index (χ1) is 14.2. The van der Waals surface area contributed by atoms with Crippen LogP contribution in [0.15, 0.2) is 0 Å². The summed E-state index contributed by atoms with van der Waals surface area (Å²) in [6, 6.07) is 0. The average Bonchev–Trinajstić information content (AvgIpc) is 3.02. The van der Waals surface area contributed by atoms with Gasteiger partial charge >= 0.3 is 24.3 Å². The third kappa shape index (κ3) is 8.14. The van der Waals surface area contributed by atoms with Crippen molar-refractivity contribution in [2.24, 2.45) is 16.7 Å². The summed E-state index contributed by atoms with van der Waals surface area (Å²) in [6.45, 7) is 11.6. The predicted molar refractivity (Wildman–Crippen MR) is 106 cm³/mol. The van der Waals surface area contributed by atoms with Crippen LogP contribution in [0.4, 0.5) is 26.3 Å². The molecule has 1 saturated carbocycles. The van der Waals surface area contributed by atoms with Crippen molar-refractivity contribution in [3.8, 4) is 0 Å². The van der Waals surface area contributed by atoms with Crippen molar-refractivity contribution < 1.29 is 45.4 Å². The number of esters is 2. The van der Waals surface area contributed by atoms with Gasteiger partial charge < -0.3 is 9.47 Å². The normalized spacial score (nSPS) is 18.5. The molecule has 0 radical (unpaired) electrons. The molecule has 0 aromatic rings. The van der Waals surface area contributed by atoms with Crippen LogP contribution in [0.1, 0.15) is 86.5 Å². The fourth-order valence-corrected chi connectivity index (χ4v) is 3.81. The third-order valence-corrected chi connectivity index (χ3v) is 6.19. The molecule has 0 aromatic heterocycles. The van der Waals surface area contributed by atoms with Crippen LogP contribution in [0, 0.1) is 16.7 Å². The number of hydrogen-bond acceptors (Lipinski definition) is 4. The van der Waals surface area contributed by atoms with E-state index in [-0.39, 0.29) is 18.3 Å². The molecule has 0 saturated heterocycles. The molecule has 1 aliphatic carbocycles. The van der Waals surface area contributed by atoms with Crippen molar-refractivity contribution in [3.05, 3.63) is 0 Å². The Balaban J connectivity index is 3.06. The number of ether oxygens (including phenoxy) is 2. The zero-order valence-electron chi connectivity index (χ0n) is 19.5. The Labute approximate surface area is 185 Å². The van der Waals surface area contributed by atoms with Crippen molar-refractivity contribution >= 4 is 11.9 Å². The summed E-state index contributed by atoms with van der Waals surface area (Å²) >= 11 is 0. The lowest BCUT2D eigenvalue weighted by Crippen LogP contribution is -2.47. The van der Waals surface area contributed by atoms with Crippen molar-refractivity contribution in [2.75, 3.05) is 0 Å². The van der Waals surface area contributed by atoms with E-state index in [1.165, 1.54) is 0 Å². The molecule has 1 atom stereocenters. The van der Waals surface area contributed by atoms with Crippen LogP contribution in [0.5, 0.6) is 0 Å². The first-order valence-corrected chi connectivity index (χ1v) is 10.8. The summed E-state index contributed by atoms with van der Waals surface area (Å²) in [4.78, 5) is 25.3. The molecule has 1 fully saturated rings. The van der Waals surface area contributed by atoms with Crippen molar-refractivity contribution in [1.29, 1.82) is 0 Å². The molecule has 32 heavy (non-hydrogen) atoms. The summed E-state index contributed by atoms with van der Waals surface area (Å²) in [5.41, 5.74) is -2.15. The molecule has 1 rings (SSSR count). The van der Waals surface area contributed by atoms with Gasteiger partial charge in [-0.05, 0) is 42.9 Å². The predicted octanol–water partition coefficient (Wildman–Crippen LogP) is 6.76. The van der Waals surface area contributed by atoms with Crippen LogP contribution in [0.25, 0.3) is 0 Å². The largest absolute Gasteiger partial charge is 0.458 e. The second-order valence-electron chi connectivity index (χ2n) is 10.6. The highest BCUT2D eigenvalue weighted by atomic mass is 19.4. The zero-order chi connectivity index (χ0) is 25.2. The third-order valence-electron chi connectivity index (χ3n) is 6.19. The van der Waals surface area contributed by atoms with Crippen LogP contribution in [0.3, 0.4) is 0 Å². The number of halogens is 6. The molecule has 0 heterocycles. The molecule has 0 spiro atoms. The van der Waals surface area contributed by atoms with E-state index in [2.05, 4.69) is 4.74 Å². The average molecular weight is 476 g/mol. The Hall–Kier alpha value is -1.48. The van der Waals surface area contributed by atoms with Crippen LogP contribution < -0.4 is 0 Å². The number of alkyl halides is 6. The molecule has 0 aromatic carbocycles. The van der Waals surface area contributed by atoms with Gasteiger partial charge in [0, 0.05) is 0 Å². The molecule has 1 unspecified atom stereocenters. The molecule has 0 N–H and O–H groups in total. The maximum Gasteiger partial charge on any atom is 0.434 e. The van der Waals surface area contributed by atoms with E-state index in [1.807, 2.05) is 41.5 Å². The minimum absolute atomic E-state index is 0.171. The fraction of sp³-hybridized carbons (Fsp3) is 0.909. The topological polar surface area (TPSA) is 52.6 Å². The second kappa shape index (κ2) is 9.79. The first-order valence-electron chi connectivity index (χ1n) is 10.8. The van der Waals surface area contributed by atoms with Crippen molar-refractivity contribution in [3.63, 3.8) is 0 Å². The molecule has 188 valence electrons. The summed E-state index contributed by atoms with van der Waals surface area (Å²) in [5, 5.41) is 0. The highest BCUT2D eigenvalue weighted by Crippen LogP contribution is 2.43. The van der Waals surface area contributed by atoms with Gasteiger partial charge in [-0.15, -0.1) is 0 Å². The molecule has 0 amide bonds. The van der Waals surface area contributed by atoms with Gasteiger partial charge in [-0.1, -0.05) is 48.0 Å². The Morgan fingerprint density at radius 2 is 1.38 bits per heavy atom. The summed E-state index contributed by atoms with van der Waals surface area (Å²) in [7, 11) is 0. The minimum Gasteiger partial charge on any atom is -0.458 e. The van der Waals surface area contributed by atoms with Gasteiger partial charge in [-0.2, -0.15) is 26.3 Å². The van der Waals surface area contributed by atoms with Gasteiger partial charge in [0.1, 0.15) is 5.60 Å². The van der Waals surface area contributed by atoms with Gasteiger partial charge in [0.2, 0.25) is 0 Å².